The highest BCUT2D eigenvalue weighted by Gasteiger charge is 2.12. The maximum atomic E-state index is 9.24. The van der Waals surface area contributed by atoms with E-state index in [1.807, 2.05) is 6.92 Å². The first-order valence-corrected chi connectivity index (χ1v) is 8.02. The maximum Gasteiger partial charge on any atom is 0.185 e. The number of rotatable bonds is 9. The third kappa shape index (κ3) is 4.75. The molecule has 1 aromatic rings. The molecule has 0 spiro atoms. The van der Waals surface area contributed by atoms with Gasteiger partial charge in [-0.25, -0.2) is 4.98 Å². The summed E-state index contributed by atoms with van der Waals surface area (Å²) in [5, 5.41) is 10.3. The molecule has 1 N–H and O–H groups in total. The minimum atomic E-state index is 0.0977. The summed E-state index contributed by atoms with van der Waals surface area (Å²) in [5.41, 5.74) is 0.963. The van der Waals surface area contributed by atoms with E-state index >= 15 is 0 Å². The molecular formula is C14H27N3OS. The van der Waals surface area contributed by atoms with E-state index in [-0.39, 0.29) is 6.61 Å². The van der Waals surface area contributed by atoms with E-state index in [1.165, 1.54) is 0 Å². The largest absolute Gasteiger partial charge is 0.391 e. The topological polar surface area (TPSA) is 39.6 Å². The number of thiazole rings is 1. The molecule has 1 rings (SSSR count). The zero-order valence-electron chi connectivity index (χ0n) is 12.6. The van der Waals surface area contributed by atoms with Crippen molar-refractivity contribution in [2.24, 2.45) is 0 Å². The second kappa shape index (κ2) is 8.51. The van der Waals surface area contributed by atoms with Gasteiger partial charge < -0.3 is 14.9 Å². The van der Waals surface area contributed by atoms with E-state index in [2.05, 4.69) is 35.6 Å². The lowest BCUT2D eigenvalue weighted by molar-refractivity contribution is 0.284. The third-order valence-electron chi connectivity index (χ3n) is 3.47. The van der Waals surface area contributed by atoms with Crippen LogP contribution in [0.15, 0.2) is 0 Å². The van der Waals surface area contributed by atoms with Crippen molar-refractivity contribution in [2.45, 2.75) is 40.7 Å². The van der Waals surface area contributed by atoms with Gasteiger partial charge in [0.05, 0.1) is 17.2 Å². The number of aliphatic hydroxyl groups excluding tert-OH is 1. The molecule has 4 nitrogen and oxygen atoms in total. The van der Waals surface area contributed by atoms with Gasteiger partial charge in [-0.3, -0.25) is 0 Å². The van der Waals surface area contributed by atoms with Crippen molar-refractivity contribution in [2.75, 3.05) is 37.6 Å². The van der Waals surface area contributed by atoms with Crippen molar-refractivity contribution in [1.82, 2.24) is 9.88 Å². The molecule has 0 aliphatic rings. The molecule has 0 amide bonds. The van der Waals surface area contributed by atoms with Gasteiger partial charge in [-0.15, -0.1) is 0 Å². The molecule has 0 saturated carbocycles. The first kappa shape index (κ1) is 16.4. The molecule has 0 fully saturated rings. The van der Waals surface area contributed by atoms with Crippen molar-refractivity contribution in [1.29, 1.82) is 0 Å². The minimum Gasteiger partial charge on any atom is -0.391 e. The van der Waals surface area contributed by atoms with Crippen LogP contribution < -0.4 is 4.90 Å². The highest BCUT2D eigenvalue weighted by Crippen LogP contribution is 2.26. The summed E-state index contributed by atoms with van der Waals surface area (Å²) in [4.78, 5) is 10.3. The summed E-state index contributed by atoms with van der Waals surface area (Å²) < 4.78 is 0. The van der Waals surface area contributed by atoms with Gasteiger partial charge in [0.1, 0.15) is 0 Å². The van der Waals surface area contributed by atoms with Crippen LogP contribution in [0.5, 0.6) is 0 Å². The zero-order chi connectivity index (χ0) is 14.3. The third-order valence-corrected chi connectivity index (χ3v) is 4.68. The number of aliphatic hydroxyl groups is 1. The summed E-state index contributed by atoms with van der Waals surface area (Å²) in [6.45, 7) is 14.0. The highest BCUT2D eigenvalue weighted by atomic mass is 32.1. The normalized spacial score (nSPS) is 11.3. The summed E-state index contributed by atoms with van der Waals surface area (Å²) in [6, 6.07) is 0. The van der Waals surface area contributed by atoms with E-state index in [0.29, 0.717) is 0 Å². The number of aryl methyl sites for hydroxylation is 1. The quantitative estimate of drug-likeness (QED) is 0.757. The van der Waals surface area contributed by atoms with Gasteiger partial charge in [0.2, 0.25) is 0 Å². The molecule has 0 aliphatic carbocycles. The van der Waals surface area contributed by atoms with Crippen LogP contribution in [0.2, 0.25) is 0 Å². The van der Waals surface area contributed by atoms with Crippen LogP contribution in [-0.2, 0) is 6.61 Å². The lowest BCUT2D eigenvalue weighted by Gasteiger charge is -2.23. The van der Waals surface area contributed by atoms with Gasteiger partial charge in [-0.05, 0) is 39.9 Å². The molecule has 0 aromatic carbocycles. The second-order valence-corrected chi connectivity index (χ2v) is 5.69. The van der Waals surface area contributed by atoms with Crippen molar-refractivity contribution in [3.63, 3.8) is 0 Å². The van der Waals surface area contributed by atoms with Crippen LogP contribution in [0, 0.1) is 6.92 Å². The average Bonchev–Trinajstić information content (AvgIpc) is 2.80. The number of hydrogen-bond acceptors (Lipinski definition) is 5. The molecule has 0 unspecified atom stereocenters. The number of aromatic nitrogens is 1. The SMILES string of the molecule is CCN(CC)CCCN(CC)c1nc(C)c(CO)s1. The Balaban J connectivity index is 2.53. The van der Waals surface area contributed by atoms with Crippen LogP contribution in [-0.4, -0.2) is 47.7 Å². The van der Waals surface area contributed by atoms with Gasteiger partial charge in [0, 0.05) is 13.1 Å². The maximum absolute atomic E-state index is 9.24. The molecule has 19 heavy (non-hydrogen) atoms. The predicted octanol–water partition coefficient (Wildman–Crippen LogP) is 2.50. The van der Waals surface area contributed by atoms with Crippen LogP contribution in [0.25, 0.3) is 0 Å². The van der Waals surface area contributed by atoms with Crippen LogP contribution in [0.4, 0.5) is 5.13 Å². The van der Waals surface area contributed by atoms with Crippen LogP contribution >= 0.6 is 11.3 Å². The van der Waals surface area contributed by atoms with E-state index in [0.717, 1.165) is 54.8 Å². The summed E-state index contributed by atoms with van der Waals surface area (Å²) in [7, 11) is 0. The molecule has 0 bridgehead atoms. The Hall–Kier alpha value is -0.650. The van der Waals surface area contributed by atoms with Crippen molar-refractivity contribution in [3.05, 3.63) is 10.6 Å². The van der Waals surface area contributed by atoms with Crippen LogP contribution in [0.3, 0.4) is 0 Å². The molecule has 0 saturated heterocycles. The Bertz CT molecular complexity index is 364. The highest BCUT2D eigenvalue weighted by molar-refractivity contribution is 7.15. The molecule has 1 aromatic heterocycles. The Morgan fingerprint density at radius 2 is 1.79 bits per heavy atom. The standard InChI is InChI=1S/C14H27N3OS/c1-5-16(6-2)9-8-10-17(7-3)14-15-12(4)13(11-18)19-14/h18H,5-11H2,1-4H3. The average molecular weight is 285 g/mol. The molecule has 110 valence electrons. The van der Waals surface area contributed by atoms with E-state index in [4.69, 9.17) is 0 Å². The number of anilines is 1. The van der Waals surface area contributed by atoms with Gasteiger partial charge >= 0.3 is 0 Å². The summed E-state index contributed by atoms with van der Waals surface area (Å²) in [5.74, 6) is 0. The fourth-order valence-corrected chi connectivity index (χ4v) is 3.12. The molecule has 5 heteroatoms. The Morgan fingerprint density at radius 3 is 2.26 bits per heavy atom. The minimum absolute atomic E-state index is 0.0977. The second-order valence-electron chi connectivity index (χ2n) is 4.62. The van der Waals surface area contributed by atoms with Gasteiger partial charge in [0.15, 0.2) is 5.13 Å². The number of hydrogen-bond donors (Lipinski definition) is 1. The lowest BCUT2D eigenvalue weighted by Crippen LogP contribution is -2.29. The van der Waals surface area contributed by atoms with E-state index < -0.39 is 0 Å². The smallest absolute Gasteiger partial charge is 0.185 e. The number of nitrogens with zero attached hydrogens (tertiary/aromatic N) is 3. The van der Waals surface area contributed by atoms with Crippen molar-refractivity contribution in [3.8, 4) is 0 Å². The lowest BCUT2D eigenvalue weighted by atomic mass is 10.3. The Morgan fingerprint density at radius 1 is 1.11 bits per heavy atom. The van der Waals surface area contributed by atoms with Gasteiger partial charge in [0.25, 0.3) is 0 Å². The zero-order valence-corrected chi connectivity index (χ0v) is 13.5. The summed E-state index contributed by atoms with van der Waals surface area (Å²) >= 11 is 1.61. The monoisotopic (exact) mass is 285 g/mol. The Kier molecular flexibility index (Phi) is 7.34. The predicted molar refractivity (Wildman–Crippen MR) is 83.1 cm³/mol. The summed E-state index contributed by atoms with van der Waals surface area (Å²) in [6.07, 6.45) is 1.16. The van der Waals surface area contributed by atoms with E-state index in [1.54, 1.807) is 11.3 Å². The molecule has 0 radical (unpaired) electrons. The van der Waals surface area contributed by atoms with Gasteiger partial charge in [-0.2, -0.15) is 0 Å². The molecule has 1 heterocycles. The van der Waals surface area contributed by atoms with E-state index in [9.17, 15) is 5.11 Å². The first-order chi connectivity index (χ1) is 9.15. The fourth-order valence-electron chi connectivity index (χ4n) is 2.11. The van der Waals surface area contributed by atoms with Gasteiger partial charge in [-0.1, -0.05) is 25.2 Å². The van der Waals surface area contributed by atoms with Crippen LogP contribution in [0.1, 0.15) is 37.8 Å². The fraction of sp³-hybridized carbons (Fsp3) is 0.786. The molecule has 0 atom stereocenters. The molecule has 0 aliphatic heterocycles. The van der Waals surface area contributed by atoms with Crippen molar-refractivity contribution < 1.29 is 5.11 Å². The molecular weight excluding hydrogens is 258 g/mol. The van der Waals surface area contributed by atoms with Crippen molar-refractivity contribution >= 4 is 16.5 Å². The Labute approximate surface area is 121 Å². The first-order valence-electron chi connectivity index (χ1n) is 7.20.